The van der Waals surface area contributed by atoms with Gasteiger partial charge in [0.25, 0.3) is 5.22 Å². The molecule has 1 amide bonds. The van der Waals surface area contributed by atoms with E-state index >= 15 is 0 Å². The molecule has 2 rings (SSSR count). The summed E-state index contributed by atoms with van der Waals surface area (Å²) in [5, 5.41) is 11.1. The molecule has 1 N–H and O–H groups in total. The zero-order chi connectivity index (χ0) is 15.2. The van der Waals surface area contributed by atoms with Crippen LogP contribution in [0, 0.1) is 13.8 Å². The van der Waals surface area contributed by atoms with Gasteiger partial charge in [0, 0.05) is 5.69 Å². The lowest BCUT2D eigenvalue weighted by atomic mass is 10.1. The number of aromatic nitrogens is 2. The fourth-order valence-corrected chi connectivity index (χ4v) is 2.61. The standard InChI is InChI=1S/C14H17N3O2S2/c1-9-4-5-10(2)11(6-9)15-12(18)7-21-14-17-16-13(19-14)8-20-3/h4-6H,7-8H2,1-3H3,(H,15,18). The van der Waals surface area contributed by atoms with Gasteiger partial charge >= 0.3 is 0 Å². The van der Waals surface area contributed by atoms with Crippen LogP contribution in [0.3, 0.4) is 0 Å². The third-order valence-electron chi connectivity index (χ3n) is 2.71. The Bertz CT molecular complexity index is 628. The molecule has 1 aromatic heterocycles. The summed E-state index contributed by atoms with van der Waals surface area (Å²) >= 11 is 2.86. The van der Waals surface area contributed by atoms with Gasteiger partial charge in [0.2, 0.25) is 11.8 Å². The van der Waals surface area contributed by atoms with E-state index < -0.39 is 0 Å². The highest BCUT2D eigenvalue weighted by Gasteiger charge is 2.10. The number of aryl methyl sites for hydroxylation is 2. The summed E-state index contributed by atoms with van der Waals surface area (Å²) in [5.74, 6) is 1.43. The van der Waals surface area contributed by atoms with Crippen LogP contribution in [0.5, 0.6) is 0 Å². The first-order valence-electron chi connectivity index (χ1n) is 6.39. The van der Waals surface area contributed by atoms with Gasteiger partial charge in [-0.3, -0.25) is 4.79 Å². The second-order valence-corrected chi connectivity index (χ2v) is 6.34. The van der Waals surface area contributed by atoms with Crippen LogP contribution in [-0.2, 0) is 10.5 Å². The Balaban J connectivity index is 1.88. The second kappa shape index (κ2) is 7.51. The van der Waals surface area contributed by atoms with Gasteiger partial charge in [-0.1, -0.05) is 23.9 Å². The lowest BCUT2D eigenvalue weighted by Crippen LogP contribution is -2.14. The maximum atomic E-state index is 12.0. The first-order chi connectivity index (χ1) is 10.1. The summed E-state index contributed by atoms with van der Waals surface area (Å²) < 4.78 is 5.41. The van der Waals surface area contributed by atoms with E-state index in [1.54, 1.807) is 11.8 Å². The van der Waals surface area contributed by atoms with Crippen molar-refractivity contribution in [2.24, 2.45) is 0 Å². The molecule has 0 bridgehead atoms. The molecule has 1 aromatic carbocycles. The fraction of sp³-hybridized carbons (Fsp3) is 0.357. The van der Waals surface area contributed by atoms with Crippen molar-refractivity contribution in [2.75, 3.05) is 17.3 Å². The summed E-state index contributed by atoms with van der Waals surface area (Å²) in [5.41, 5.74) is 3.00. The van der Waals surface area contributed by atoms with Crippen molar-refractivity contribution >= 4 is 35.1 Å². The van der Waals surface area contributed by atoms with Gasteiger partial charge in [-0.25, -0.2) is 0 Å². The predicted molar refractivity (Wildman–Crippen MR) is 86.8 cm³/mol. The van der Waals surface area contributed by atoms with Gasteiger partial charge in [-0.05, 0) is 37.3 Å². The molecule has 5 nitrogen and oxygen atoms in total. The number of nitrogens with zero attached hydrogens (tertiary/aromatic N) is 2. The number of amides is 1. The van der Waals surface area contributed by atoms with Crippen molar-refractivity contribution in [3.63, 3.8) is 0 Å². The molecule has 0 saturated heterocycles. The molecule has 0 atom stereocenters. The lowest BCUT2D eigenvalue weighted by Gasteiger charge is -2.08. The van der Waals surface area contributed by atoms with Gasteiger partial charge in [-0.2, -0.15) is 11.8 Å². The number of hydrogen-bond acceptors (Lipinski definition) is 6. The summed E-state index contributed by atoms with van der Waals surface area (Å²) in [7, 11) is 0. The van der Waals surface area contributed by atoms with Gasteiger partial charge in [-0.15, -0.1) is 10.2 Å². The van der Waals surface area contributed by atoms with E-state index in [4.69, 9.17) is 4.42 Å². The SMILES string of the molecule is CSCc1nnc(SCC(=O)Nc2cc(C)ccc2C)o1. The van der Waals surface area contributed by atoms with Crippen LogP contribution in [-0.4, -0.2) is 28.1 Å². The number of nitrogens with one attached hydrogen (secondary N) is 1. The number of anilines is 1. The number of thioether (sulfide) groups is 2. The van der Waals surface area contributed by atoms with Gasteiger partial charge in [0.1, 0.15) is 0 Å². The molecule has 0 saturated carbocycles. The van der Waals surface area contributed by atoms with Crippen molar-refractivity contribution in [1.82, 2.24) is 10.2 Å². The maximum absolute atomic E-state index is 12.0. The highest BCUT2D eigenvalue weighted by atomic mass is 32.2. The number of benzene rings is 1. The Labute approximate surface area is 132 Å². The topological polar surface area (TPSA) is 68.0 Å². The minimum atomic E-state index is -0.0849. The summed E-state index contributed by atoms with van der Waals surface area (Å²) in [4.78, 5) is 12.0. The number of rotatable bonds is 6. The predicted octanol–water partition coefficient (Wildman–Crippen LogP) is 3.28. The van der Waals surface area contributed by atoms with E-state index in [0.717, 1.165) is 16.8 Å². The monoisotopic (exact) mass is 323 g/mol. The van der Waals surface area contributed by atoms with Gasteiger partial charge in [0.15, 0.2) is 0 Å². The lowest BCUT2D eigenvalue weighted by molar-refractivity contribution is -0.113. The second-order valence-electron chi connectivity index (χ2n) is 4.55. The quantitative estimate of drug-likeness (QED) is 0.823. The molecule has 0 spiro atoms. The summed E-state index contributed by atoms with van der Waals surface area (Å²) in [6.07, 6.45) is 1.97. The van der Waals surface area contributed by atoms with Crippen LogP contribution >= 0.6 is 23.5 Å². The molecule has 112 valence electrons. The first kappa shape index (κ1) is 15.9. The smallest absolute Gasteiger partial charge is 0.277 e. The van der Waals surface area contributed by atoms with E-state index in [2.05, 4.69) is 15.5 Å². The number of hydrogen-bond donors (Lipinski definition) is 1. The van der Waals surface area contributed by atoms with E-state index in [9.17, 15) is 4.79 Å². The molecule has 21 heavy (non-hydrogen) atoms. The molecule has 7 heteroatoms. The van der Waals surface area contributed by atoms with Crippen molar-refractivity contribution < 1.29 is 9.21 Å². The van der Waals surface area contributed by atoms with E-state index in [0.29, 0.717) is 16.9 Å². The molecule has 0 fully saturated rings. The zero-order valence-electron chi connectivity index (χ0n) is 12.2. The van der Waals surface area contributed by atoms with E-state index in [1.807, 2.05) is 38.3 Å². The van der Waals surface area contributed by atoms with Crippen LogP contribution in [0.25, 0.3) is 0 Å². The van der Waals surface area contributed by atoms with Crippen molar-refractivity contribution in [3.8, 4) is 0 Å². The third kappa shape index (κ3) is 4.78. The zero-order valence-corrected chi connectivity index (χ0v) is 13.8. The third-order valence-corrected chi connectivity index (χ3v) is 4.06. The Kier molecular flexibility index (Phi) is 5.69. The normalized spacial score (nSPS) is 10.6. The summed E-state index contributed by atoms with van der Waals surface area (Å²) in [6, 6.07) is 5.97. The van der Waals surface area contributed by atoms with Crippen molar-refractivity contribution in [3.05, 3.63) is 35.2 Å². The highest BCUT2D eigenvalue weighted by molar-refractivity contribution is 7.99. The maximum Gasteiger partial charge on any atom is 0.277 e. The Morgan fingerprint density at radius 3 is 2.90 bits per heavy atom. The average molecular weight is 323 g/mol. The number of carbonyl (C=O) groups is 1. The number of carbonyl (C=O) groups excluding carboxylic acids is 1. The van der Waals surface area contributed by atoms with Crippen LogP contribution < -0.4 is 5.32 Å². The molecule has 0 aliphatic rings. The van der Waals surface area contributed by atoms with E-state index in [1.165, 1.54) is 11.8 Å². The largest absolute Gasteiger partial charge is 0.415 e. The molecule has 0 radical (unpaired) electrons. The Morgan fingerprint density at radius 2 is 2.14 bits per heavy atom. The Morgan fingerprint density at radius 1 is 1.33 bits per heavy atom. The van der Waals surface area contributed by atoms with Crippen molar-refractivity contribution in [1.29, 1.82) is 0 Å². The molecule has 0 aliphatic carbocycles. The minimum absolute atomic E-state index is 0.0849. The molecular formula is C14H17N3O2S2. The minimum Gasteiger partial charge on any atom is -0.415 e. The molecule has 1 heterocycles. The molecule has 0 unspecified atom stereocenters. The van der Waals surface area contributed by atoms with Gasteiger partial charge in [0.05, 0.1) is 11.5 Å². The van der Waals surface area contributed by atoms with Crippen LogP contribution in [0.1, 0.15) is 17.0 Å². The Hall–Kier alpha value is -1.47. The summed E-state index contributed by atoms with van der Waals surface area (Å²) in [6.45, 7) is 3.96. The van der Waals surface area contributed by atoms with Crippen LogP contribution in [0.2, 0.25) is 0 Å². The highest BCUT2D eigenvalue weighted by Crippen LogP contribution is 2.20. The van der Waals surface area contributed by atoms with Crippen molar-refractivity contribution in [2.45, 2.75) is 24.8 Å². The van der Waals surface area contributed by atoms with Crippen LogP contribution in [0.4, 0.5) is 5.69 Å². The molecular weight excluding hydrogens is 306 g/mol. The first-order valence-corrected chi connectivity index (χ1v) is 8.77. The fourth-order valence-electron chi connectivity index (χ4n) is 1.66. The molecule has 2 aromatic rings. The average Bonchev–Trinajstić information content (AvgIpc) is 2.89. The van der Waals surface area contributed by atoms with E-state index in [-0.39, 0.29) is 11.7 Å². The molecule has 0 aliphatic heterocycles. The van der Waals surface area contributed by atoms with Gasteiger partial charge < -0.3 is 9.73 Å². The van der Waals surface area contributed by atoms with Crippen LogP contribution in [0.15, 0.2) is 27.8 Å².